The number of amides is 2. The van der Waals surface area contributed by atoms with Crippen molar-refractivity contribution in [3.8, 4) is 0 Å². The molecule has 1 saturated heterocycles. The number of benzene rings is 1. The highest BCUT2D eigenvalue weighted by Gasteiger charge is 2.36. The first-order valence-electron chi connectivity index (χ1n) is 9.35. The molecule has 6 nitrogen and oxygen atoms in total. The van der Waals surface area contributed by atoms with Crippen LogP contribution in [0.3, 0.4) is 0 Å². The predicted octanol–water partition coefficient (Wildman–Crippen LogP) is 2.54. The predicted molar refractivity (Wildman–Crippen MR) is 97.6 cm³/mol. The molecule has 1 aromatic rings. The first-order chi connectivity index (χ1) is 12.4. The molecule has 0 spiro atoms. The molecule has 2 fully saturated rings. The Bertz CT molecular complexity index is 682. The van der Waals surface area contributed by atoms with Crippen molar-refractivity contribution in [1.29, 1.82) is 0 Å². The Kier molecular flexibility index (Phi) is 5.59. The molecule has 6 heteroatoms. The van der Waals surface area contributed by atoms with Crippen LogP contribution >= 0.6 is 0 Å². The van der Waals surface area contributed by atoms with Crippen molar-refractivity contribution in [3.05, 3.63) is 29.8 Å². The molecule has 2 aliphatic rings. The Morgan fingerprint density at radius 1 is 1.15 bits per heavy atom. The van der Waals surface area contributed by atoms with Crippen LogP contribution < -0.4 is 5.32 Å². The van der Waals surface area contributed by atoms with E-state index in [1.807, 2.05) is 17.0 Å². The molecular formula is C20H26N2O4. The van der Waals surface area contributed by atoms with Crippen molar-refractivity contribution in [2.75, 3.05) is 18.4 Å². The smallest absolute Gasteiger partial charge is 0.306 e. The van der Waals surface area contributed by atoms with E-state index in [-0.39, 0.29) is 23.7 Å². The van der Waals surface area contributed by atoms with Crippen LogP contribution in [0.5, 0.6) is 0 Å². The maximum Gasteiger partial charge on any atom is 0.306 e. The molecule has 1 heterocycles. The molecule has 2 unspecified atom stereocenters. The highest BCUT2D eigenvalue weighted by molar-refractivity contribution is 5.93. The Hall–Kier alpha value is -2.37. The third-order valence-electron chi connectivity index (χ3n) is 5.22. The summed E-state index contributed by atoms with van der Waals surface area (Å²) >= 11 is 0. The molecule has 0 bridgehead atoms. The monoisotopic (exact) mass is 358 g/mol. The number of carboxylic acid groups (broad SMARTS) is 1. The molecule has 2 N–H and O–H groups in total. The van der Waals surface area contributed by atoms with E-state index >= 15 is 0 Å². The van der Waals surface area contributed by atoms with E-state index in [0.717, 1.165) is 37.8 Å². The summed E-state index contributed by atoms with van der Waals surface area (Å²) < 4.78 is 0. The average Bonchev–Trinajstić information content (AvgIpc) is 3.48. The third-order valence-corrected chi connectivity index (χ3v) is 5.22. The van der Waals surface area contributed by atoms with Gasteiger partial charge in [-0.25, -0.2) is 0 Å². The molecule has 1 saturated carbocycles. The fourth-order valence-corrected chi connectivity index (χ4v) is 3.39. The standard InChI is InChI=1S/C20H26N2O4/c1-13(20(25)26)11-14-4-8-17(9-5-14)21-18(23)16-3-2-10-22(12-16)19(24)15-6-7-15/h4-5,8-9,13,15-16H,2-3,6-7,10-12H2,1H3,(H,21,23)(H,25,26). The lowest BCUT2D eigenvalue weighted by Crippen LogP contribution is -2.44. The number of hydrogen-bond donors (Lipinski definition) is 2. The van der Waals surface area contributed by atoms with Crippen LogP contribution in [-0.4, -0.2) is 40.9 Å². The van der Waals surface area contributed by atoms with Crippen LogP contribution in [0.15, 0.2) is 24.3 Å². The molecule has 140 valence electrons. The van der Waals surface area contributed by atoms with E-state index < -0.39 is 11.9 Å². The van der Waals surface area contributed by atoms with Crippen LogP contribution in [0.1, 0.15) is 38.2 Å². The molecule has 1 aromatic carbocycles. The summed E-state index contributed by atoms with van der Waals surface area (Å²) in [6.07, 6.45) is 4.10. The van der Waals surface area contributed by atoms with Crippen molar-refractivity contribution < 1.29 is 19.5 Å². The number of rotatable bonds is 6. The summed E-state index contributed by atoms with van der Waals surface area (Å²) in [5.41, 5.74) is 1.63. The number of carboxylic acids is 1. The molecule has 1 aliphatic carbocycles. The van der Waals surface area contributed by atoms with Gasteiger partial charge in [-0.05, 0) is 49.8 Å². The lowest BCUT2D eigenvalue weighted by Gasteiger charge is -2.32. The summed E-state index contributed by atoms with van der Waals surface area (Å²) in [5.74, 6) is -1.07. The zero-order valence-electron chi connectivity index (χ0n) is 15.1. The second kappa shape index (κ2) is 7.89. The van der Waals surface area contributed by atoms with Gasteiger partial charge in [0.25, 0.3) is 0 Å². The number of nitrogens with zero attached hydrogens (tertiary/aromatic N) is 1. The van der Waals surface area contributed by atoms with Crippen LogP contribution in [-0.2, 0) is 20.8 Å². The van der Waals surface area contributed by atoms with E-state index in [0.29, 0.717) is 18.7 Å². The van der Waals surface area contributed by atoms with E-state index in [9.17, 15) is 14.4 Å². The summed E-state index contributed by atoms with van der Waals surface area (Å²) in [4.78, 5) is 37.5. The maximum atomic E-state index is 12.5. The second-order valence-corrected chi connectivity index (χ2v) is 7.53. The molecule has 0 radical (unpaired) electrons. The van der Waals surface area contributed by atoms with Crippen molar-refractivity contribution >= 4 is 23.5 Å². The minimum Gasteiger partial charge on any atom is -0.481 e. The molecule has 3 rings (SSSR count). The van der Waals surface area contributed by atoms with E-state index in [2.05, 4.69) is 5.32 Å². The van der Waals surface area contributed by atoms with Gasteiger partial charge >= 0.3 is 5.97 Å². The summed E-state index contributed by atoms with van der Waals surface area (Å²) in [5, 5.41) is 11.9. The lowest BCUT2D eigenvalue weighted by atomic mass is 9.96. The SMILES string of the molecule is CC(Cc1ccc(NC(=O)C2CCCN(C(=O)C3CC3)C2)cc1)C(=O)O. The van der Waals surface area contributed by atoms with Gasteiger partial charge in [-0.15, -0.1) is 0 Å². The van der Waals surface area contributed by atoms with Crippen molar-refractivity contribution in [2.24, 2.45) is 17.8 Å². The highest BCUT2D eigenvalue weighted by Crippen LogP contribution is 2.32. The van der Waals surface area contributed by atoms with Gasteiger partial charge < -0.3 is 15.3 Å². The lowest BCUT2D eigenvalue weighted by molar-refractivity contribution is -0.141. The Labute approximate surface area is 153 Å². The number of hydrogen-bond acceptors (Lipinski definition) is 3. The maximum absolute atomic E-state index is 12.5. The van der Waals surface area contributed by atoms with Crippen molar-refractivity contribution in [1.82, 2.24) is 4.90 Å². The highest BCUT2D eigenvalue weighted by atomic mass is 16.4. The first-order valence-corrected chi connectivity index (χ1v) is 9.35. The number of aliphatic carboxylic acids is 1. The van der Waals surface area contributed by atoms with Crippen LogP contribution in [0.4, 0.5) is 5.69 Å². The summed E-state index contributed by atoms with van der Waals surface area (Å²) in [6.45, 7) is 2.95. The van der Waals surface area contributed by atoms with Crippen LogP contribution in [0, 0.1) is 17.8 Å². The number of carbonyl (C=O) groups excluding carboxylic acids is 2. The summed E-state index contributed by atoms with van der Waals surface area (Å²) in [7, 11) is 0. The largest absolute Gasteiger partial charge is 0.481 e. The topological polar surface area (TPSA) is 86.7 Å². The minimum atomic E-state index is -0.815. The van der Waals surface area contributed by atoms with Crippen molar-refractivity contribution in [2.45, 2.75) is 39.0 Å². The van der Waals surface area contributed by atoms with Gasteiger partial charge in [0.05, 0.1) is 11.8 Å². The normalized spacial score (nSPS) is 21.1. The zero-order valence-corrected chi connectivity index (χ0v) is 15.1. The first kappa shape index (κ1) is 18.4. The van der Waals surface area contributed by atoms with Gasteiger partial charge in [0.15, 0.2) is 0 Å². The average molecular weight is 358 g/mol. The number of carbonyl (C=O) groups is 3. The van der Waals surface area contributed by atoms with Crippen molar-refractivity contribution in [3.63, 3.8) is 0 Å². The van der Waals surface area contributed by atoms with Gasteiger partial charge in [0.2, 0.25) is 11.8 Å². The van der Waals surface area contributed by atoms with Crippen LogP contribution in [0.25, 0.3) is 0 Å². The zero-order chi connectivity index (χ0) is 18.7. The number of likely N-dealkylation sites (tertiary alicyclic amines) is 1. The second-order valence-electron chi connectivity index (χ2n) is 7.53. The molecule has 2 amide bonds. The fourth-order valence-electron chi connectivity index (χ4n) is 3.39. The van der Waals surface area contributed by atoms with E-state index in [1.165, 1.54) is 0 Å². The quantitative estimate of drug-likeness (QED) is 0.818. The summed E-state index contributed by atoms with van der Waals surface area (Å²) in [6, 6.07) is 7.30. The molecular weight excluding hydrogens is 332 g/mol. The number of piperidine rings is 1. The van der Waals surface area contributed by atoms with E-state index in [4.69, 9.17) is 5.11 Å². The van der Waals surface area contributed by atoms with Gasteiger partial charge in [0, 0.05) is 24.7 Å². The van der Waals surface area contributed by atoms with E-state index in [1.54, 1.807) is 19.1 Å². The van der Waals surface area contributed by atoms with Gasteiger partial charge in [0.1, 0.15) is 0 Å². The van der Waals surface area contributed by atoms with Gasteiger partial charge in [-0.2, -0.15) is 0 Å². The number of nitrogens with one attached hydrogen (secondary N) is 1. The third kappa shape index (κ3) is 4.62. The van der Waals surface area contributed by atoms with Crippen LogP contribution in [0.2, 0.25) is 0 Å². The molecule has 26 heavy (non-hydrogen) atoms. The minimum absolute atomic E-state index is 0.0510. The Morgan fingerprint density at radius 2 is 1.85 bits per heavy atom. The molecule has 2 atom stereocenters. The molecule has 1 aliphatic heterocycles. The van der Waals surface area contributed by atoms with Gasteiger partial charge in [-0.1, -0.05) is 19.1 Å². The number of anilines is 1. The fraction of sp³-hybridized carbons (Fsp3) is 0.550. The Morgan fingerprint density at radius 3 is 2.46 bits per heavy atom. The molecule has 0 aromatic heterocycles. The Balaban J connectivity index is 1.53. The van der Waals surface area contributed by atoms with Gasteiger partial charge in [-0.3, -0.25) is 14.4 Å².